The lowest BCUT2D eigenvalue weighted by atomic mass is 9.88. The minimum Gasteiger partial charge on any atom is -0.467 e. The average molecular weight is 239 g/mol. The van der Waals surface area contributed by atoms with Gasteiger partial charge in [-0.3, -0.25) is 0 Å². The zero-order valence-electron chi connectivity index (χ0n) is 11.2. The molecular weight excluding hydrogens is 218 g/mol. The molecule has 0 fully saturated rings. The van der Waals surface area contributed by atoms with Crippen LogP contribution in [-0.2, 0) is 11.3 Å². The Bertz CT molecular complexity index is 376. The van der Waals surface area contributed by atoms with Crippen LogP contribution in [0.3, 0.4) is 0 Å². The average Bonchev–Trinajstić information content (AvgIpc) is 2.72. The second-order valence-electron chi connectivity index (χ2n) is 5.26. The molecule has 1 N–H and O–H groups in total. The van der Waals surface area contributed by atoms with E-state index in [2.05, 4.69) is 37.7 Å². The van der Waals surface area contributed by atoms with Crippen molar-refractivity contribution in [1.29, 1.82) is 0 Å². The van der Waals surface area contributed by atoms with Crippen molar-refractivity contribution in [2.45, 2.75) is 40.3 Å². The van der Waals surface area contributed by atoms with E-state index in [1.54, 1.807) is 6.07 Å². The van der Waals surface area contributed by atoms with Crippen molar-refractivity contribution in [3.8, 4) is 0 Å². The minimum atomic E-state index is -0.371. The number of nitrogens with one attached hydrogen (secondary N) is 1. The first-order valence-corrected chi connectivity index (χ1v) is 5.73. The van der Waals surface area contributed by atoms with E-state index < -0.39 is 0 Å². The monoisotopic (exact) mass is 239 g/mol. The van der Waals surface area contributed by atoms with Gasteiger partial charge in [-0.25, -0.2) is 4.79 Å². The van der Waals surface area contributed by atoms with Crippen LogP contribution in [0, 0.1) is 5.41 Å². The van der Waals surface area contributed by atoms with E-state index in [1.807, 2.05) is 0 Å². The van der Waals surface area contributed by atoms with E-state index in [9.17, 15) is 4.79 Å². The number of ether oxygens (including phenoxy) is 1. The minimum absolute atomic E-state index is 0.192. The highest BCUT2D eigenvalue weighted by molar-refractivity contribution is 5.88. The number of hydrogen-bond acceptors (Lipinski definition) is 4. The number of carbonyl (C=O) groups excluding carboxylic acids is 1. The molecule has 4 heteroatoms. The van der Waals surface area contributed by atoms with Gasteiger partial charge in [-0.05, 0) is 18.4 Å². The Morgan fingerprint density at radius 1 is 1.53 bits per heavy atom. The highest BCUT2D eigenvalue weighted by atomic mass is 16.5. The van der Waals surface area contributed by atoms with Crippen LogP contribution < -0.4 is 5.32 Å². The summed E-state index contributed by atoms with van der Waals surface area (Å²) in [5.74, 6) is 0.366. The summed E-state index contributed by atoms with van der Waals surface area (Å²) in [7, 11) is 1.36. The summed E-state index contributed by atoms with van der Waals surface area (Å²) in [5, 5.41) is 3.36. The third-order valence-corrected chi connectivity index (χ3v) is 2.96. The normalized spacial score (nSPS) is 13.5. The van der Waals surface area contributed by atoms with E-state index in [1.165, 1.54) is 13.4 Å². The number of furan rings is 1. The maximum absolute atomic E-state index is 11.2. The highest BCUT2D eigenvalue weighted by Gasteiger charge is 2.19. The van der Waals surface area contributed by atoms with Crippen molar-refractivity contribution >= 4 is 5.97 Å². The molecule has 1 aromatic heterocycles. The van der Waals surface area contributed by atoms with Crippen LogP contribution in [0.2, 0.25) is 0 Å². The van der Waals surface area contributed by atoms with Crippen LogP contribution in [0.1, 0.15) is 43.8 Å². The Balaban J connectivity index is 2.53. The molecule has 0 aromatic carbocycles. The summed E-state index contributed by atoms with van der Waals surface area (Å²) >= 11 is 0. The lowest BCUT2D eigenvalue weighted by Crippen LogP contribution is -2.37. The molecule has 0 saturated heterocycles. The fraction of sp³-hybridized carbons (Fsp3) is 0.615. The molecule has 0 spiro atoms. The molecule has 17 heavy (non-hydrogen) atoms. The first-order chi connectivity index (χ1) is 7.84. The molecule has 0 aliphatic heterocycles. The number of esters is 1. The number of hydrogen-bond donors (Lipinski definition) is 1. The van der Waals surface area contributed by atoms with Gasteiger partial charge in [-0.2, -0.15) is 0 Å². The summed E-state index contributed by atoms with van der Waals surface area (Å²) in [4.78, 5) is 11.2. The van der Waals surface area contributed by atoms with Crippen LogP contribution in [-0.4, -0.2) is 19.1 Å². The fourth-order valence-electron chi connectivity index (χ4n) is 1.26. The third-order valence-electron chi connectivity index (χ3n) is 2.96. The maximum atomic E-state index is 11.2. The second kappa shape index (κ2) is 5.36. The van der Waals surface area contributed by atoms with Crippen LogP contribution >= 0.6 is 0 Å². The van der Waals surface area contributed by atoms with Gasteiger partial charge in [-0.1, -0.05) is 20.8 Å². The Labute approximate surface area is 102 Å². The van der Waals surface area contributed by atoms with E-state index in [0.29, 0.717) is 18.2 Å². The van der Waals surface area contributed by atoms with Gasteiger partial charge in [0.25, 0.3) is 0 Å². The summed E-state index contributed by atoms with van der Waals surface area (Å²) in [6, 6.07) is 2.06. The smallest absolute Gasteiger partial charge is 0.341 e. The maximum Gasteiger partial charge on any atom is 0.341 e. The largest absolute Gasteiger partial charge is 0.467 e. The van der Waals surface area contributed by atoms with Crippen molar-refractivity contribution in [2.24, 2.45) is 5.41 Å². The van der Waals surface area contributed by atoms with Crippen molar-refractivity contribution in [3.05, 3.63) is 23.7 Å². The summed E-state index contributed by atoms with van der Waals surface area (Å²) < 4.78 is 9.90. The second-order valence-corrected chi connectivity index (χ2v) is 5.26. The van der Waals surface area contributed by atoms with Crippen LogP contribution in [0.25, 0.3) is 0 Å². The zero-order valence-corrected chi connectivity index (χ0v) is 11.2. The first-order valence-electron chi connectivity index (χ1n) is 5.73. The topological polar surface area (TPSA) is 51.5 Å². The molecule has 1 heterocycles. The molecule has 4 nitrogen and oxygen atoms in total. The lowest BCUT2D eigenvalue weighted by molar-refractivity contribution is 0.0600. The first kappa shape index (κ1) is 13.8. The van der Waals surface area contributed by atoms with Gasteiger partial charge >= 0.3 is 5.97 Å². The fourth-order valence-corrected chi connectivity index (χ4v) is 1.26. The molecule has 1 aromatic rings. The molecule has 0 saturated carbocycles. The molecule has 96 valence electrons. The molecule has 0 aliphatic carbocycles. The van der Waals surface area contributed by atoms with E-state index >= 15 is 0 Å². The van der Waals surface area contributed by atoms with Gasteiger partial charge in [0.2, 0.25) is 0 Å². The summed E-state index contributed by atoms with van der Waals surface area (Å²) in [5.41, 5.74) is 0.644. The molecule has 1 rings (SSSR count). The van der Waals surface area contributed by atoms with Crippen molar-refractivity contribution in [2.75, 3.05) is 7.11 Å². The van der Waals surface area contributed by atoms with Gasteiger partial charge in [0.15, 0.2) is 0 Å². The predicted molar refractivity (Wildman–Crippen MR) is 65.8 cm³/mol. The van der Waals surface area contributed by atoms with E-state index in [-0.39, 0.29) is 11.4 Å². The Morgan fingerprint density at radius 3 is 2.71 bits per heavy atom. The molecule has 0 aliphatic rings. The molecular formula is C13H21NO3. The number of rotatable bonds is 4. The highest BCUT2D eigenvalue weighted by Crippen LogP contribution is 2.19. The molecule has 1 atom stereocenters. The Hall–Kier alpha value is -1.29. The van der Waals surface area contributed by atoms with E-state index in [4.69, 9.17) is 4.42 Å². The summed E-state index contributed by atoms with van der Waals surface area (Å²) in [6.07, 6.45) is 1.42. The zero-order chi connectivity index (χ0) is 13.1. The van der Waals surface area contributed by atoms with Gasteiger partial charge < -0.3 is 14.5 Å². The molecule has 1 unspecified atom stereocenters. The molecule has 0 radical (unpaired) electrons. The third kappa shape index (κ3) is 3.89. The SMILES string of the molecule is COC(=O)c1coc(CNC(C)C(C)(C)C)c1. The van der Waals surface area contributed by atoms with Gasteiger partial charge in [0.1, 0.15) is 12.0 Å². The van der Waals surface area contributed by atoms with Gasteiger partial charge in [-0.15, -0.1) is 0 Å². The standard InChI is InChI=1S/C13H21NO3/c1-9(13(2,3)4)14-7-11-6-10(8-17-11)12(15)16-5/h6,8-9,14H,7H2,1-5H3. The summed E-state index contributed by atoms with van der Waals surface area (Å²) in [6.45, 7) is 9.26. The van der Waals surface area contributed by atoms with Gasteiger partial charge in [0, 0.05) is 6.04 Å². The quantitative estimate of drug-likeness (QED) is 0.820. The van der Waals surface area contributed by atoms with Crippen molar-refractivity contribution in [3.63, 3.8) is 0 Å². The van der Waals surface area contributed by atoms with Crippen LogP contribution in [0.15, 0.2) is 16.7 Å². The van der Waals surface area contributed by atoms with Crippen LogP contribution in [0.5, 0.6) is 0 Å². The van der Waals surface area contributed by atoms with Gasteiger partial charge in [0.05, 0.1) is 19.2 Å². The van der Waals surface area contributed by atoms with E-state index in [0.717, 1.165) is 5.76 Å². The number of methoxy groups -OCH3 is 1. The Kier molecular flexibility index (Phi) is 4.34. The number of carbonyl (C=O) groups is 1. The Morgan fingerprint density at radius 2 is 2.18 bits per heavy atom. The lowest BCUT2D eigenvalue weighted by Gasteiger charge is -2.27. The van der Waals surface area contributed by atoms with Crippen molar-refractivity contribution in [1.82, 2.24) is 5.32 Å². The molecule has 0 amide bonds. The van der Waals surface area contributed by atoms with Crippen molar-refractivity contribution < 1.29 is 13.9 Å². The van der Waals surface area contributed by atoms with Crippen LogP contribution in [0.4, 0.5) is 0 Å². The molecule has 0 bridgehead atoms. The predicted octanol–water partition coefficient (Wildman–Crippen LogP) is 2.59.